The highest BCUT2D eigenvalue weighted by Crippen LogP contribution is 2.25. The van der Waals surface area contributed by atoms with Crippen molar-refractivity contribution >= 4 is 40.8 Å². The van der Waals surface area contributed by atoms with Crippen LogP contribution in [0.3, 0.4) is 0 Å². The molecule has 2 aromatic carbocycles. The molecule has 0 radical (unpaired) electrons. The molecule has 0 bridgehead atoms. The van der Waals surface area contributed by atoms with Gasteiger partial charge >= 0.3 is 6.03 Å². The predicted octanol–water partition coefficient (Wildman–Crippen LogP) is 4.45. The van der Waals surface area contributed by atoms with Crippen molar-refractivity contribution in [2.24, 2.45) is 0 Å². The lowest BCUT2D eigenvalue weighted by Gasteiger charge is -2.11. The Labute approximate surface area is 156 Å². The zero-order valence-electron chi connectivity index (χ0n) is 13.9. The minimum absolute atomic E-state index is 0.0748. The van der Waals surface area contributed by atoms with Crippen LogP contribution in [0.5, 0.6) is 0 Å². The van der Waals surface area contributed by atoms with Crippen molar-refractivity contribution in [2.75, 3.05) is 5.32 Å². The molecule has 0 heterocycles. The first-order valence-corrected chi connectivity index (χ1v) is 8.50. The standard InChI is InChI=1S/C18H19Cl2N3O2/c1-11(2)22-18(25)21-10-12-3-5-13(6-4-12)17(24)23-16-8-7-14(19)9-15(16)20/h3-9,11H,10H2,1-2H3,(H,23,24)(H2,21,22,25). The van der Waals surface area contributed by atoms with Gasteiger partial charge in [-0.25, -0.2) is 4.79 Å². The first-order chi connectivity index (χ1) is 11.8. The molecule has 0 aliphatic carbocycles. The van der Waals surface area contributed by atoms with Crippen LogP contribution in [-0.4, -0.2) is 18.0 Å². The van der Waals surface area contributed by atoms with Gasteiger partial charge in [-0.15, -0.1) is 0 Å². The van der Waals surface area contributed by atoms with Crippen LogP contribution < -0.4 is 16.0 Å². The van der Waals surface area contributed by atoms with Gasteiger partial charge in [0.2, 0.25) is 0 Å². The zero-order valence-corrected chi connectivity index (χ0v) is 15.4. The molecule has 2 aromatic rings. The van der Waals surface area contributed by atoms with E-state index in [2.05, 4.69) is 16.0 Å². The summed E-state index contributed by atoms with van der Waals surface area (Å²) in [7, 11) is 0. The van der Waals surface area contributed by atoms with E-state index in [1.165, 1.54) is 0 Å². The van der Waals surface area contributed by atoms with E-state index in [0.717, 1.165) is 5.56 Å². The van der Waals surface area contributed by atoms with E-state index < -0.39 is 0 Å². The summed E-state index contributed by atoms with van der Waals surface area (Å²) in [6.07, 6.45) is 0. The average molecular weight is 380 g/mol. The fourth-order valence-corrected chi connectivity index (χ4v) is 2.51. The lowest BCUT2D eigenvalue weighted by molar-refractivity contribution is 0.102. The Bertz CT molecular complexity index is 761. The molecule has 0 saturated heterocycles. The second-order valence-corrected chi connectivity index (χ2v) is 6.60. The first kappa shape index (κ1) is 19.1. The molecule has 132 valence electrons. The molecule has 0 saturated carbocycles. The molecule has 7 heteroatoms. The average Bonchev–Trinajstić information content (AvgIpc) is 2.55. The number of hydrogen-bond acceptors (Lipinski definition) is 2. The van der Waals surface area contributed by atoms with Crippen LogP contribution in [-0.2, 0) is 6.54 Å². The number of amides is 3. The molecule has 2 rings (SSSR count). The van der Waals surface area contributed by atoms with Gasteiger partial charge in [-0.2, -0.15) is 0 Å². The molecular formula is C18H19Cl2N3O2. The van der Waals surface area contributed by atoms with E-state index in [9.17, 15) is 9.59 Å². The van der Waals surface area contributed by atoms with Gasteiger partial charge < -0.3 is 16.0 Å². The summed E-state index contributed by atoms with van der Waals surface area (Å²) in [6, 6.07) is 11.7. The van der Waals surface area contributed by atoms with Crippen molar-refractivity contribution in [3.8, 4) is 0 Å². The maximum atomic E-state index is 12.3. The van der Waals surface area contributed by atoms with Gasteiger partial charge in [0.15, 0.2) is 0 Å². The molecular weight excluding hydrogens is 361 g/mol. The highest BCUT2D eigenvalue weighted by molar-refractivity contribution is 6.36. The van der Waals surface area contributed by atoms with Crippen LogP contribution in [0, 0.1) is 0 Å². The summed E-state index contributed by atoms with van der Waals surface area (Å²) in [5.74, 6) is -0.277. The van der Waals surface area contributed by atoms with Gasteiger partial charge in [0.05, 0.1) is 10.7 Å². The highest BCUT2D eigenvalue weighted by Gasteiger charge is 2.09. The van der Waals surface area contributed by atoms with Crippen LogP contribution in [0.2, 0.25) is 10.0 Å². The number of anilines is 1. The second-order valence-electron chi connectivity index (χ2n) is 5.76. The Morgan fingerprint density at radius 3 is 2.32 bits per heavy atom. The second kappa shape index (κ2) is 8.74. The summed E-state index contributed by atoms with van der Waals surface area (Å²) in [6.45, 7) is 4.16. The number of halogens is 2. The van der Waals surface area contributed by atoms with E-state index in [1.54, 1.807) is 42.5 Å². The minimum Gasteiger partial charge on any atom is -0.336 e. The third-order valence-corrected chi connectivity index (χ3v) is 3.82. The molecule has 0 fully saturated rings. The molecule has 0 aromatic heterocycles. The topological polar surface area (TPSA) is 70.2 Å². The van der Waals surface area contributed by atoms with Crippen molar-refractivity contribution in [2.45, 2.75) is 26.4 Å². The van der Waals surface area contributed by atoms with Crippen LogP contribution >= 0.6 is 23.2 Å². The molecule has 0 spiro atoms. The molecule has 25 heavy (non-hydrogen) atoms. The third-order valence-electron chi connectivity index (χ3n) is 3.27. The number of urea groups is 1. The van der Waals surface area contributed by atoms with Crippen molar-refractivity contribution in [3.63, 3.8) is 0 Å². The number of carbonyl (C=O) groups is 2. The molecule has 3 N–H and O–H groups in total. The number of nitrogens with one attached hydrogen (secondary N) is 3. The molecule has 5 nitrogen and oxygen atoms in total. The number of benzene rings is 2. The molecule has 0 unspecified atom stereocenters. The summed E-state index contributed by atoms with van der Waals surface area (Å²) >= 11 is 11.9. The maximum absolute atomic E-state index is 12.3. The number of carbonyl (C=O) groups excluding carboxylic acids is 2. The summed E-state index contributed by atoms with van der Waals surface area (Å²) in [5.41, 5.74) is 1.87. The highest BCUT2D eigenvalue weighted by atomic mass is 35.5. The number of rotatable bonds is 5. The van der Waals surface area contributed by atoms with Crippen LogP contribution in [0.25, 0.3) is 0 Å². The van der Waals surface area contributed by atoms with Gasteiger partial charge in [0, 0.05) is 23.2 Å². The van der Waals surface area contributed by atoms with Crippen LogP contribution in [0.15, 0.2) is 42.5 Å². The minimum atomic E-state index is -0.277. The summed E-state index contributed by atoms with van der Waals surface area (Å²) in [5, 5.41) is 9.10. The SMILES string of the molecule is CC(C)NC(=O)NCc1ccc(C(=O)Nc2ccc(Cl)cc2Cl)cc1. The van der Waals surface area contributed by atoms with E-state index >= 15 is 0 Å². The van der Waals surface area contributed by atoms with Gasteiger partial charge in [0.25, 0.3) is 5.91 Å². The monoisotopic (exact) mass is 379 g/mol. The van der Waals surface area contributed by atoms with Crippen LogP contribution in [0.1, 0.15) is 29.8 Å². The number of hydrogen-bond donors (Lipinski definition) is 3. The summed E-state index contributed by atoms with van der Waals surface area (Å²) in [4.78, 5) is 23.8. The molecule has 0 aliphatic rings. The van der Waals surface area contributed by atoms with Crippen molar-refractivity contribution in [3.05, 3.63) is 63.6 Å². The zero-order chi connectivity index (χ0) is 18.4. The molecule has 3 amide bonds. The lowest BCUT2D eigenvalue weighted by atomic mass is 10.1. The van der Waals surface area contributed by atoms with Gasteiger partial charge in [0.1, 0.15) is 0 Å². The van der Waals surface area contributed by atoms with Gasteiger partial charge in [-0.05, 0) is 49.7 Å². The van der Waals surface area contributed by atoms with Gasteiger partial charge in [-0.3, -0.25) is 4.79 Å². The van der Waals surface area contributed by atoms with Crippen molar-refractivity contribution in [1.82, 2.24) is 10.6 Å². The predicted molar refractivity (Wildman–Crippen MR) is 101 cm³/mol. The van der Waals surface area contributed by atoms with E-state index in [1.807, 2.05) is 13.8 Å². The van der Waals surface area contributed by atoms with Crippen LogP contribution in [0.4, 0.5) is 10.5 Å². The fraction of sp³-hybridized carbons (Fsp3) is 0.222. The van der Waals surface area contributed by atoms with Crippen molar-refractivity contribution < 1.29 is 9.59 Å². The largest absolute Gasteiger partial charge is 0.336 e. The summed E-state index contributed by atoms with van der Waals surface area (Å²) < 4.78 is 0. The third kappa shape index (κ3) is 5.96. The quantitative estimate of drug-likeness (QED) is 0.717. The lowest BCUT2D eigenvalue weighted by Crippen LogP contribution is -2.39. The fourth-order valence-electron chi connectivity index (χ4n) is 2.05. The van der Waals surface area contributed by atoms with E-state index in [0.29, 0.717) is 27.8 Å². The Balaban J connectivity index is 1.94. The Morgan fingerprint density at radius 1 is 1.04 bits per heavy atom. The Morgan fingerprint density at radius 2 is 1.72 bits per heavy atom. The molecule has 0 aliphatic heterocycles. The normalized spacial score (nSPS) is 10.4. The van der Waals surface area contributed by atoms with Crippen molar-refractivity contribution in [1.29, 1.82) is 0 Å². The smallest absolute Gasteiger partial charge is 0.315 e. The maximum Gasteiger partial charge on any atom is 0.315 e. The van der Waals surface area contributed by atoms with E-state index in [-0.39, 0.29) is 18.0 Å². The first-order valence-electron chi connectivity index (χ1n) is 7.75. The Hall–Kier alpha value is -2.24. The van der Waals surface area contributed by atoms with E-state index in [4.69, 9.17) is 23.2 Å². The van der Waals surface area contributed by atoms with Gasteiger partial charge in [-0.1, -0.05) is 35.3 Å². The Kier molecular flexibility index (Phi) is 6.67. The molecule has 0 atom stereocenters.